The Hall–Kier alpha value is -0.570. The van der Waals surface area contributed by atoms with Crippen LogP contribution in [0.2, 0.25) is 0 Å². The molecular weight excluding hydrogens is 188 g/mol. The fraction of sp³-hybridized carbons (Fsp3) is 0.917. The second kappa shape index (κ2) is 4.52. The van der Waals surface area contributed by atoms with E-state index in [-0.39, 0.29) is 17.9 Å². The van der Waals surface area contributed by atoms with E-state index in [0.717, 1.165) is 12.8 Å². The standard InChI is InChI=1S/C12H24N2O/c1-8(2)10(13)11(15)14-9-5-6-12(3,4)7-9/h8-10H,5-7,13H2,1-4H3,(H,14,15)/t9?,10-/m0/s1. The molecule has 1 saturated carbocycles. The van der Waals surface area contributed by atoms with Crippen molar-refractivity contribution in [1.29, 1.82) is 0 Å². The Morgan fingerprint density at radius 2 is 2.07 bits per heavy atom. The molecule has 1 unspecified atom stereocenters. The molecule has 0 spiro atoms. The van der Waals surface area contributed by atoms with E-state index < -0.39 is 0 Å². The second-order valence-electron chi connectivity index (χ2n) is 5.88. The first kappa shape index (κ1) is 12.5. The summed E-state index contributed by atoms with van der Waals surface area (Å²) in [6.45, 7) is 8.45. The lowest BCUT2D eigenvalue weighted by molar-refractivity contribution is -0.123. The molecule has 0 aliphatic heterocycles. The maximum Gasteiger partial charge on any atom is 0.237 e. The molecule has 0 aromatic heterocycles. The summed E-state index contributed by atoms with van der Waals surface area (Å²) in [7, 11) is 0. The maximum atomic E-state index is 11.7. The molecule has 2 atom stereocenters. The minimum atomic E-state index is -0.367. The van der Waals surface area contributed by atoms with Gasteiger partial charge in [0.25, 0.3) is 0 Å². The average Bonchev–Trinajstić information content (AvgIpc) is 2.43. The minimum Gasteiger partial charge on any atom is -0.352 e. The van der Waals surface area contributed by atoms with Crippen molar-refractivity contribution >= 4 is 5.91 Å². The maximum absolute atomic E-state index is 11.7. The topological polar surface area (TPSA) is 55.1 Å². The summed E-state index contributed by atoms with van der Waals surface area (Å²) in [4.78, 5) is 11.7. The van der Waals surface area contributed by atoms with Crippen LogP contribution in [0.4, 0.5) is 0 Å². The summed E-state index contributed by atoms with van der Waals surface area (Å²) in [5.74, 6) is 0.215. The van der Waals surface area contributed by atoms with Gasteiger partial charge in [0.05, 0.1) is 6.04 Å². The van der Waals surface area contributed by atoms with Crippen LogP contribution in [-0.2, 0) is 4.79 Å². The van der Waals surface area contributed by atoms with Crippen molar-refractivity contribution in [2.24, 2.45) is 17.1 Å². The van der Waals surface area contributed by atoms with Crippen LogP contribution in [0.5, 0.6) is 0 Å². The third kappa shape index (κ3) is 3.49. The monoisotopic (exact) mass is 212 g/mol. The van der Waals surface area contributed by atoms with Crippen molar-refractivity contribution in [2.45, 2.75) is 59.0 Å². The molecule has 3 N–H and O–H groups in total. The van der Waals surface area contributed by atoms with E-state index >= 15 is 0 Å². The molecule has 0 saturated heterocycles. The Morgan fingerprint density at radius 3 is 2.47 bits per heavy atom. The van der Waals surface area contributed by atoms with Gasteiger partial charge in [0.2, 0.25) is 5.91 Å². The highest BCUT2D eigenvalue weighted by molar-refractivity contribution is 5.82. The van der Waals surface area contributed by atoms with E-state index in [0.29, 0.717) is 11.5 Å². The highest BCUT2D eigenvalue weighted by atomic mass is 16.2. The number of hydrogen-bond acceptors (Lipinski definition) is 2. The van der Waals surface area contributed by atoms with Crippen molar-refractivity contribution < 1.29 is 4.79 Å². The molecule has 3 nitrogen and oxygen atoms in total. The molecule has 1 rings (SSSR count). The average molecular weight is 212 g/mol. The van der Waals surface area contributed by atoms with Gasteiger partial charge in [0.1, 0.15) is 0 Å². The first-order valence-electron chi connectivity index (χ1n) is 5.88. The zero-order valence-electron chi connectivity index (χ0n) is 10.3. The summed E-state index contributed by atoms with van der Waals surface area (Å²) in [6.07, 6.45) is 3.35. The lowest BCUT2D eigenvalue weighted by Gasteiger charge is -2.21. The van der Waals surface area contributed by atoms with Gasteiger partial charge in [-0.25, -0.2) is 0 Å². The fourth-order valence-corrected chi connectivity index (χ4v) is 2.16. The van der Waals surface area contributed by atoms with Crippen LogP contribution in [0.1, 0.15) is 47.0 Å². The van der Waals surface area contributed by atoms with Gasteiger partial charge in [-0.05, 0) is 30.6 Å². The lowest BCUT2D eigenvalue weighted by Crippen LogP contribution is -2.47. The largest absolute Gasteiger partial charge is 0.352 e. The fourth-order valence-electron chi connectivity index (χ4n) is 2.16. The summed E-state index contributed by atoms with van der Waals surface area (Å²) >= 11 is 0. The summed E-state index contributed by atoms with van der Waals surface area (Å²) in [6, 6.07) is -0.0361. The molecule has 1 aliphatic rings. The van der Waals surface area contributed by atoms with E-state index in [9.17, 15) is 4.79 Å². The van der Waals surface area contributed by atoms with Crippen LogP contribution in [-0.4, -0.2) is 18.0 Å². The molecule has 0 aromatic carbocycles. The third-order valence-electron chi connectivity index (χ3n) is 3.34. The van der Waals surface area contributed by atoms with Crippen LogP contribution < -0.4 is 11.1 Å². The van der Waals surface area contributed by atoms with Gasteiger partial charge < -0.3 is 11.1 Å². The van der Waals surface area contributed by atoms with Gasteiger partial charge in [-0.15, -0.1) is 0 Å². The minimum absolute atomic E-state index is 0.00713. The smallest absolute Gasteiger partial charge is 0.237 e. The Labute approximate surface area is 92.8 Å². The first-order valence-corrected chi connectivity index (χ1v) is 5.88. The number of hydrogen-bond donors (Lipinski definition) is 2. The summed E-state index contributed by atoms with van der Waals surface area (Å²) in [5.41, 5.74) is 6.17. The van der Waals surface area contributed by atoms with Gasteiger partial charge >= 0.3 is 0 Å². The van der Waals surface area contributed by atoms with E-state index in [1.807, 2.05) is 13.8 Å². The number of nitrogens with two attached hydrogens (primary N) is 1. The third-order valence-corrected chi connectivity index (χ3v) is 3.34. The number of rotatable bonds is 3. The number of amides is 1. The van der Waals surface area contributed by atoms with Crippen LogP contribution in [0.3, 0.4) is 0 Å². The van der Waals surface area contributed by atoms with Gasteiger partial charge in [-0.3, -0.25) is 4.79 Å². The van der Waals surface area contributed by atoms with Gasteiger partial charge in [0.15, 0.2) is 0 Å². The zero-order valence-corrected chi connectivity index (χ0v) is 10.3. The Balaban J connectivity index is 2.40. The molecule has 0 radical (unpaired) electrons. The van der Waals surface area contributed by atoms with Gasteiger partial charge in [0, 0.05) is 6.04 Å². The summed E-state index contributed by atoms with van der Waals surface area (Å²) < 4.78 is 0. The molecule has 15 heavy (non-hydrogen) atoms. The Morgan fingerprint density at radius 1 is 1.47 bits per heavy atom. The zero-order chi connectivity index (χ0) is 11.6. The van der Waals surface area contributed by atoms with Crippen LogP contribution >= 0.6 is 0 Å². The van der Waals surface area contributed by atoms with Crippen molar-refractivity contribution in [3.05, 3.63) is 0 Å². The molecule has 0 heterocycles. The van der Waals surface area contributed by atoms with Crippen molar-refractivity contribution in [3.63, 3.8) is 0 Å². The van der Waals surface area contributed by atoms with E-state index in [2.05, 4.69) is 19.2 Å². The first-order chi connectivity index (χ1) is 6.82. The van der Waals surface area contributed by atoms with E-state index in [4.69, 9.17) is 5.73 Å². The normalized spacial score (nSPS) is 26.7. The molecule has 1 amide bonds. The van der Waals surface area contributed by atoms with E-state index in [1.165, 1.54) is 6.42 Å². The Kier molecular flexibility index (Phi) is 3.77. The van der Waals surface area contributed by atoms with E-state index in [1.54, 1.807) is 0 Å². The number of carbonyl (C=O) groups excluding carboxylic acids is 1. The van der Waals surface area contributed by atoms with Gasteiger partial charge in [-0.1, -0.05) is 27.7 Å². The molecule has 3 heteroatoms. The second-order valence-corrected chi connectivity index (χ2v) is 5.88. The Bertz CT molecular complexity index is 236. The predicted octanol–water partition coefficient (Wildman–Crippen LogP) is 1.66. The van der Waals surface area contributed by atoms with Crippen molar-refractivity contribution in [2.75, 3.05) is 0 Å². The highest BCUT2D eigenvalue weighted by Gasteiger charge is 2.32. The molecular formula is C12H24N2O. The quantitative estimate of drug-likeness (QED) is 0.747. The van der Waals surface area contributed by atoms with Gasteiger partial charge in [-0.2, -0.15) is 0 Å². The molecule has 88 valence electrons. The predicted molar refractivity (Wildman–Crippen MR) is 62.4 cm³/mol. The van der Waals surface area contributed by atoms with Crippen LogP contribution in [0.25, 0.3) is 0 Å². The molecule has 0 aromatic rings. The number of carbonyl (C=O) groups is 1. The van der Waals surface area contributed by atoms with Crippen LogP contribution in [0, 0.1) is 11.3 Å². The SMILES string of the molecule is CC(C)[C@H](N)C(=O)NC1CCC(C)(C)C1. The molecule has 0 bridgehead atoms. The molecule has 1 aliphatic carbocycles. The molecule has 1 fully saturated rings. The van der Waals surface area contributed by atoms with Crippen molar-refractivity contribution in [1.82, 2.24) is 5.32 Å². The number of nitrogens with one attached hydrogen (secondary N) is 1. The highest BCUT2D eigenvalue weighted by Crippen LogP contribution is 2.36. The summed E-state index contributed by atoms with van der Waals surface area (Å²) in [5, 5.41) is 3.05. The van der Waals surface area contributed by atoms with Crippen molar-refractivity contribution in [3.8, 4) is 0 Å². The lowest BCUT2D eigenvalue weighted by atomic mass is 9.92. The van der Waals surface area contributed by atoms with Crippen LogP contribution in [0.15, 0.2) is 0 Å².